The average Bonchev–Trinajstić information content (AvgIpc) is 2.73. The first-order chi connectivity index (χ1) is 10.9. The van der Waals surface area contributed by atoms with Crippen molar-refractivity contribution in [3.8, 4) is 0 Å². The van der Waals surface area contributed by atoms with E-state index in [-0.39, 0.29) is 16.3 Å². The number of benzene rings is 1. The van der Waals surface area contributed by atoms with Crippen LogP contribution < -0.4 is 0 Å². The standard InChI is InChI=1S/C13H10BrF5N2O3/c1-7-6-11(23,12(15,16)24-13(17,18)19)21(20-7)10(22)8-2-4-9(14)5-3-8/h2-5,23H,6H2,1H3/t11-/m1/s1. The number of alkyl halides is 5. The summed E-state index contributed by atoms with van der Waals surface area (Å²) in [6.45, 7) is 1.18. The van der Waals surface area contributed by atoms with Crippen molar-refractivity contribution in [2.75, 3.05) is 0 Å². The van der Waals surface area contributed by atoms with Crippen LogP contribution in [-0.2, 0) is 4.74 Å². The van der Waals surface area contributed by atoms with Crippen LogP contribution in [0.25, 0.3) is 0 Å². The van der Waals surface area contributed by atoms with Gasteiger partial charge in [0.15, 0.2) is 0 Å². The lowest BCUT2D eigenvalue weighted by Gasteiger charge is -2.36. The van der Waals surface area contributed by atoms with Gasteiger partial charge in [-0.1, -0.05) is 15.9 Å². The van der Waals surface area contributed by atoms with E-state index in [2.05, 4.69) is 25.8 Å². The molecule has 0 saturated heterocycles. The van der Waals surface area contributed by atoms with Gasteiger partial charge >= 0.3 is 12.5 Å². The minimum absolute atomic E-state index is 0.0860. The highest BCUT2D eigenvalue weighted by molar-refractivity contribution is 9.10. The minimum atomic E-state index is -5.72. The first-order valence-electron chi connectivity index (χ1n) is 6.37. The molecule has 1 aliphatic heterocycles. The predicted octanol–water partition coefficient (Wildman–Crippen LogP) is 3.49. The summed E-state index contributed by atoms with van der Waals surface area (Å²) in [6.07, 6.45) is -11.8. The molecule has 0 aromatic heterocycles. The molecular formula is C13H10BrF5N2O3. The van der Waals surface area contributed by atoms with Gasteiger partial charge in [-0.25, -0.2) is 4.74 Å². The van der Waals surface area contributed by atoms with E-state index in [0.717, 1.165) is 0 Å². The van der Waals surface area contributed by atoms with Gasteiger partial charge in [0.2, 0.25) is 0 Å². The van der Waals surface area contributed by atoms with Crippen LogP contribution >= 0.6 is 15.9 Å². The molecule has 132 valence electrons. The smallest absolute Gasteiger partial charge is 0.362 e. The Bertz CT molecular complexity index is 677. The number of amides is 1. The van der Waals surface area contributed by atoms with Crippen molar-refractivity contribution in [2.24, 2.45) is 5.10 Å². The van der Waals surface area contributed by atoms with Gasteiger partial charge in [-0.3, -0.25) is 4.79 Å². The maximum atomic E-state index is 13.9. The zero-order valence-electron chi connectivity index (χ0n) is 11.9. The maximum absolute atomic E-state index is 13.9. The van der Waals surface area contributed by atoms with Gasteiger partial charge in [0.25, 0.3) is 11.6 Å². The maximum Gasteiger partial charge on any atom is 0.527 e. The molecule has 2 rings (SSSR count). The van der Waals surface area contributed by atoms with Crippen LogP contribution in [0.2, 0.25) is 0 Å². The molecule has 0 aliphatic carbocycles. The van der Waals surface area contributed by atoms with E-state index in [9.17, 15) is 31.9 Å². The third-order valence-corrected chi connectivity index (χ3v) is 3.65. The number of nitrogens with zero attached hydrogens (tertiary/aromatic N) is 2. The minimum Gasteiger partial charge on any atom is -0.362 e. The van der Waals surface area contributed by atoms with Crippen LogP contribution in [0.15, 0.2) is 33.8 Å². The van der Waals surface area contributed by atoms with E-state index in [4.69, 9.17) is 0 Å². The molecular weight excluding hydrogens is 407 g/mol. The Morgan fingerprint density at radius 3 is 2.33 bits per heavy atom. The fraction of sp³-hybridized carbons (Fsp3) is 0.385. The van der Waals surface area contributed by atoms with Gasteiger partial charge in [0.1, 0.15) is 0 Å². The number of carbonyl (C=O) groups is 1. The molecule has 0 saturated carbocycles. The van der Waals surface area contributed by atoms with Crippen LogP contribution in [-0.4, -0.2) is 39.9 Å². The van der Waals surface area contributed by atoms with Gasteiger partial charge in [-0.15, -0.1) is 13.2 Å². The number of aliphatic hydroxyl groups is 1. The molecule has 1 atom stereocenters. The lowest BCUT2D eigenvalue weighted by atomic mass is 10.1. The fourth-order valence-corrected chi connectivity index (χ4v) is 2.37. The normalized spacial score (nSPS) is 21.8. The monoisotopic (exact) mass is 416 g/mol. The molecule has 1 aromatic rings. The molecule has 1 N–H and O–H groups in total. The Morgan fingerprint density at radius 2 is 1.83 bits per heavy atom. The van der Waals surface area contributed by atoms with E-state index < -0.39 is 30.5 Å². The second kappa shape index (κ2) is 6.05. The Labute approximate surface area is 140 Å². The molecule has 5 nitrogen and oxygen atoms in total. The van der Waals surface area contributed by atoms with Crippen molar-refractivity contribution in [1.29, 1.82) is 0 Å². The summed E-state index contributed by atoms with van der Waals surface area (Å²) < 4.78 is 67.8. The van der Waals surface area contributed by atoms with Crippen LogP contribution in [0.5, 0.6) is 0 Å². The fourth-order valence-electron chi connectivity index (χ4n) is 2.10. The topological polar surface area (TPSA) is 62.1 Å². The largest absolute Gasteiger partial charge is 0.527 e. The molecule has 0 radical (unpaired) electrons. The third-order valence-electron chi connectivity index (χ3n) is 3.12. The Kier molecular flexibility index (Phi) is 4.72. The van der Waals surface area contributed by atoms with Crippen molar-refractivity contribution in [3.05, 3.63) is 34.3 Å². The summed E-state index contributed by atoms with van der Waals surface area (Å²) in [5.41, 5.74) is -3.91. The van der Waals surface area contributed by atoms with Gasteiger partial charge < -0.3 is 5.11 Å². The van der Waals surface area contributed by atoms with Crippen molar-refractivity contribution in [3.63, 3.8) is 0 Å². The Hall–Kier alpha value is -1.59. The second-order valence-electron chi connectivity index (χ2n) is 5.02. The Balaban J connectivity index is 2.39. The van der Waals surface area contributed by atoms with Gasteiger partial charge in [0, 0.05) is 22.2 Å². The third kappa shape index (κ3) is 3.57. The van der Waals surface area contributed by atoms with Crippen LogP contribution in [0.4, 0.5) is 22.0 Å². The van der Waals surface area contributed by atoms with Crippen molar-refractivity contribution >= 4 is 27.5 Å². The van der Waals surface area contributed by atoms with E-state index in [1.165, 1.54) is 31.2 Å². The van der Waals surface area contributed by atoms with Crippen molar-refractivity contribution in [1.82, 2.24) is 5.01 Å². The SMILES string of the molecule is CC1=NN(C(=O)c2ccc(Br)cc2)[C@](O)(C(F)(F)OC(F)(F)F)C1. The molecule has 11 heteroatoms. The van der Waals surface area contributed by atoms with E-state index >= 15 is 0 Å². The van der Waals surface area contributed by atoms with Crippen molar-refractivity contribution in [2.45, 2.75) is 31.5 Å². The number of hydrazone groups is 1. The number of ether oxygens (including phenoxy) is 1. The molecule has 1 amide bonds. The summed E-state index contributed by atoms with van der Waals surface area (Å²) in [5.74, 6) is -1.20. The van der Waals surface area contributed by atoms with E-state index in [0.29, 0.717) is 4.47 Å². The molecule has 1 aromatic carbocycles. The molecule has 0 unspecified atom stereocenters. The highest BCUT2D eigenvalue weighted by Gasteiger charge is 2.66. The summed E-state index contributed by atoms with van der Waals surface area (Å²) in [5, 5.41) is 13.5. The average molecular weight is 417 g/mol. The summed E-state index contributed by atoms with van der Waals surface area (Å²) >= 11 is 3.11. The summed E-state index contributed by atoms with van der Waals surface area (Å²) in [4.78, 5) is 12.3. The lowest BCUT2D eigenvalue weighted by Crippen LogP contribution is -2.61. The summed E-state index contributed by atoms with van der Waals surface area (Å²) in [7, 11) is 0. The van der Waals surface area contributed by atoms with Gasteiger partial charge in [-0.05, 0) is 31.2 Å². The zero-order valence-corrected chi connectivity index (χ0v) is 13.5. The van der Waals surface area contributed by atoms with Crippen LogP contribution in [0.3, 0.4) is 0 Å². The molecule has 1 aliphatic rings. The molecule has 0 fully saturated rings. The number of carbonyl (C=O) groups excluding carboxylic acids is 1. The second-order valence-corrected chi connectivity index (χ2v) is 5.93. The molecule has 0 bridgehead atoms. The molecule has 24 heavy (non-hydrogen) atoms. The Morgan fingerprint density at radius 1 is 1.29 bits per heavy atom. The van der Waals surface area contributed by atoms with Gasteiger partial charge in [-0.2, -0.15) is 18.9 Å². The zero-order chi connectivity index (χ0) is 18.3. The van der Waals surface area contributed by atoms with Crippen molar-refractivity contribution < 1.29 is 36.6 Å². The molecule has 0 spiro atoms. The number of halogens is 6. The van der Waals surface area contributed by atoms with Gasteiger partial charge in [0.05, 0.1) is 0 Å². The lowest BCUT2D eigenvalue weighted by molar-refractivity contribution is -0.468. The van der Waals surface area contributed by atoms with E-state index in [1.807, 2.05) is 0 Å². The van der Waals surface area contributed by atoms with Crippen LogP contribution in [0.1, 0.15) is 23.7 Å². The first-order valence-corrected chi connectivity index (χ1v) is 7.16. The molecule has 1 heterocycles. The van der Waals surface area contributed by atoms with Crippen LogP contribution in [0, 0.1) is 0 Å². The van der Waals surface area contributed by atoms with E-state index in [1.54, 1.807) is 0 Å². The highest BCUT2D eigenvalue weighted by atomic mass is 79.9. The quantitative estimate of drug-likeness (QED) is 0.767. The summed E-state index contributed by atoms with van der Waals surface area (Å²) in [6, 6.07) is 5.31. The first kappa shape index (κ1) is 18.7. The highest BCUT2D eigenvalue weighted by Crippen LogP contribution is 2.43. The number of hydrogen-bond donors (Lipinski definition) is 1. The number of rotatable bonds is 3. The predicted molar refractivity (Wildman–Crippen MR) is 75.1 cm³/mol. The number of hydrogen-bond acceptors (Lipinski definition) is 4.